The van der Waals surface area contributed by atoms with Crippen LogP contribution < -0.4 is 15.2 Å². The molecule has 1 aliphatic heterocycles. The van der Waals surface area contributed by atoms with Gasteiger partial charge in [-0.2, -0.15) is 0 Å². The van der Waals surface area contributed by atoms with E-state index in [0.717, 1.165) is 31.1 Å². The van der Waals surface area contributed by atoms with Crippen molar-refractivity contribution >= 4 is 0 Å². The molecule has 2 rings (SSSR count). The monoisotopic (exact) mass is 294 g/mol. The molecular weight excluding hydrogens is 268 g/mol. The number of morpholine rings is 1. The number of benzene rings is 1. The van der Waals surface area contributed by atoms with Gasteiger partial charge in [-0.15, -0.1) is 0 Å². The van der Waals surface area contributed by atoms with Crippen LogP contribution in [0.5, 0.6) is 11.5 Å². The highest BCUT2D eigenvalue weighted by Crippen LogP contribution is 2.29. The minimum atomic E-state index is -0.168. The van der Waals surface area contributed by atoms with Gasteiger partial charge in [0.1, 0.15) is 0 Å². The Morgan fingerprint density at radius 2 is 2.00 bits per heavy atom. The van der Waals surface area contributed by atoms with E-state index in [2.05, 4.69) is 24.8 Å². The molecule has 1 aliphatic rings. The molecule has 1 heterocycles. The second kappa shape index (κ2) is 6.64. The number of rotatable bonds is 5. The van der Waals surface area contributed by atoms with Crippen molar-refractivity contribution in [3.8, 4) is 11.5 Å². The molecule has 5 nitrogen and oxygen atoms in total. The number of hydrogen-bond acceptors (Lipinski definition) is 5. The zero-order chi connectivity index (χ0) is 15.5. The lowest BCUT2D eigenvalue weighted by molar-refractivity contribution is -0.133. The van der Waals surface area contributed by atoms with E-state index in [0.29, 0.717) is 6.54 Å². The molecule has 0 aliphatic carbocycles. The van der Waals surface area contributed by atoms with Crippen LogP contribution in [-0.4, -0.2) is 50.5 Å². The lowest BCUT2D eigenvalue weighted by Crippen LogP contribution is -2.54. The van der Waals surface area contributed by atoms with E-state index >= 15 is 0 Å². The summed E-state index contributed by atoms with van der Waals surface area (Å²) in [4.78, 5) is 2.38. The first-order chi connectivity index (χ1) is 9.97. The highest BCUT2D eigenvalue weighted by Gasteiger charge is 2.32. The van der Waals surface area contributed by atoms with Crippen LogP contribution in [0.2, 0.25) is 0 Å². The first-order valence-electron chi connectivity index (χ1n) is 7.28. The third kappa shape index (κ3) is 4.09. The molecular formula is C16H26N2O3. The SMILES string of the molecule is COc1ccc(CN2CC(CN)OC(C)(C)C2)cc1OC. The summed E-state index contributed by atoms with van der Waals surface area (Å²) in [7, 11) is 3.30. The van der Waals surface area contributed by atoms with Gasteiger partial charge in [0, 0.05) is 26.2 Å². The summed E-state index contributed by atoms with van der Waals surface area (Å²) in [6.07, 6.45) is 0.0916. The summed E-state index contributed by atoms with van der Waals surface area (Å²) in [5.41, 5.74) is 6.80. The van der Waals surface area contributed by atoms with Gasteiger partial charge in [-0.1, -0.05) is 6.07 Å². The van der Waals surface area contributed by atoms with Crippen LogP contribution >= 0.6 is 0 Å². The normalized spacial score (nSPS) is 22.0. The third-order valence-corrected chi connectivity index (χ3v) is 3.67. The number of ether oxygens (including phenoxy) is 3. The first-order valence-corrected chi connectivity index (χ1v) is 7.28. The highest BCUT2D eigenvalue weighted by atomic mass is 16.5. The lowest BCUT2D eigenvalue weighted by atomic mass is 10.0. The van der Waals surface area contributed by atoms with Crippen molar-refractivity contribution in [1.82, 2.24) is 4.90 Å². The van der Waals surface area contributed by atoms with Crippen LogP contribution in [0.1, 0.15) is 19.4 Å². The quantitative estimate of drug-likeness (QED) is 0.894. The van der Waals surface area contributed by atoms with Crippen molar-refractivity contribution in [1.29, 1.82) is 0 Å². The van der Waals surface area contributed by atoms with Crippen LogP contribution in [0.15, 0.2) is 18.2 Å². The van der Waals surface area contributed by atoms with E-state index in [9.17, 15) is 0 Å². The second-order valence-corrected chi connectivity index (χ2v) is 6.09. The minimum Gasteiger partial charge on any atom is -0.493 e. The number of methoxy groups -OCH3 is 2. The molecule has 0 aromatic heterocycles. The Kier molecular flexibility index (Phi) is 5.08. The van der Waals surface area contributed by atoms with Gasteiger partial charge in [0.2, 0.25) is 0 Å². The zero-order valence-electron chi connectivity index (χ0n) is 13.4. The molecule has 0 radical (unpaired) electrons. The molecule has 5 heteroatoms. The first kappa shape index (κ1) is 16.1. The number of nitrogens with zero attached hydrogens (tertiary/aromatic N) is 1. The van der Waals surface area contributed by atoms with Crippen molar-refractivity contribution in [3.63, 3.8) is 0 Å². The maximum Gasteiger partial charge on any atom is 0.161 e. The smallest absolute Gasteiger partial charge is 0.161 e. The molecule has 1 aromatic carbocycles. The van der Waals surface area contributed by atoms with Crippen molar-refractivity contribution in [3.05, 3.63) is 23.8 Å². The van der Waals surface area contributed by atoms with Crippen LogP contribution in [0.4, 0.5) is 0 Å². The van der Waals surface area contributed by atoms with Crippen molar-refractivity contribution < 1.29 is 14.2 Å². The van der Waals surface area contributed by atoms with Gasteiger partial charge in [-0.25, -0.2) is 0 Å². The largest absolute Gasteiger partial charge is 0.493 e. The molecule has 118 valence electrons. The number of nitrogens with two attached hydrogens (primary N) is 1. The van der Waals surface area contributed by atoms with Gasteiger partial charge in [-0.3, -0.25) is 4.90 Å². The Morgan fingerprint density at radius 1 is 1.29 bits per heavy atom. The summed E-state index contributed by atoms with van der Waals surface area (Å²) < 4.78 is 16.6. The topological polar surface area (TPSA) is 57.0 Å². The molecule has 1 unspecified atom stereocenters. The van der Waals surface area contributed by atoms with E-state index in [1.54, 1.807) is 14.2 Å². The van der Waals surface area contributed by atoms with E-state index in [-0.39, 0.29) is 11.7 Å². The Hall–Kier alpha value is -1.30. The molecule has 21 heavy (non-hydrogen) atoms. The average molecular weight is 294 g/mol. The maximum absolute atomic E-state index is 5.96. The number of hydrogen-bond donors (Lipinski definition) is 1. The Bertz CT molecular complexity index is 477. The fraction of sp³-hybridized carbons (Fsp3) is 0.625. The van der Waals surface area contributed by atoms with E-state index in [1.165, 1.54) is 5.56 Å². The lowest BCUT2D eigenvalue weighted by Gasteiger charge is -2.42. The van der Waals surface area contributed by atoms with Crippen molar-refractivity contribution in [2.45, 2.75) is 32.1 Å². The molecule has 2 N–H and O–H groups in total. The summed E-state index contributed by atoms with van der Waals surface area (Å²) in [6, 6.07) is 6.04. The van der Waals surface area contributed by atoms with Gasteiger partial charge in [0.25, 0.3) is 0 Å². The Labute approximate surface area is 127 Å². The summed E-state index contributed by atoms with van der Waals surface area (Å²) in [5.74, 6) is 1.52. The maximum atomic E-state index is 5.96. The van der Waals surface area contributed by atoms with Gasteiger partial charge >= 0.3 is 0 Å². The Morgan fingerprint density at radius 3 is 2.62 bits per heavy atom. The van der Waals surface area contributed by atoms with Gasteiger partial charge in [-0.05, 0) is 31.5 Å². The molecule has 1 atom stereocenters. The molecule has 0 saturated carbocycles. The van der Waals surface area contributed by atoms with Crippen molar-refractivity contribution in [2.75, 3.05) is 33.9 Å². The van der Waals surface area contributed by atoms with Gasteiger partial charge in [0.05, 0.1) is 25.9 Å². The van der Waals surface area contributed by atoms with Crippen LogP contribution in [0.25, 0.3) is 0 Å². The molecule has 1 fully saturated rings. The molecule has 1 saturated heterocycles. The minimum absolute atomic E-state index is 0.0916. The summed E-state index contributed by atoms with van der Waals surface area (Å²) in [6.45, 7) is 7.36. The highest BCUT2D eigenvalue weighted by molar-refractivity contribution is 5.42. The predicted molar refractivity (Wildman–Crippen MR) is 82.8 cm³/mol. The molecule has 0 bridgehead atoms. The third-order valence-electron chi connectivity index (χ3n) is 3.67. The molecule has 0 amide bonds. The van der Waals surface area contributed by atoms with Crippen molar-refractivity contribution in [2.24, 2.45) is 5.73 Å². The fourth-order valence-electron chi connectivity index (χ4n) is 2.90. The van der Waals surface area contributed by atoms with E-state index in [1.807, 2.05) is 12.1 Å². The van der Waals surface area contributed by atoms with E-state index in [4.69, 9.17) is 19.9 Å². The van der Waals surface area contributed by atoms with Crippen LogP contribution in [0, 0.1) is 0 Å². The zero-order valence-corrected chi connectivity index (χ0v) is 13.4. The fourth-order valence-corrected chi connectivity index (χ4v) is 2.90. The molecule has 1 aromatic rings. The second-order valence-electron chi connectivity index (χ2n) is 6.09. The van der Waals surface area contributed by atoms with Crippen LogP contribution in [-0.2, 0) is 11.3 Å². The van der Waals surface area contributed by atoms with E-state index < -0.39 is 0 Å². The van der Waals surface area contributed by atoms with Gasteiger partial charge in [0.15, 0.2) is 11.5 Å². The Balaban J connectivity index is 2.10. The molecule has 0 spiro atoms. The average Bonchev–Trinajstić information content (AvgIpc) is 2.45. The summed E-state index contributed by atoms with van der Waals surface area (Å²) >= 11 is 0. The van der Waals surface area contributed by atoms with Crippen LogP contribution in [0.3, 0.4) is 0 Å². The predicted octanol–water partition coefficient (Wildman–Crippen LogP) is 1.64. The summed E-state index contributed by atoms with van der Waals surface area (Å²) in [5, 5.41) is 0. The van der Waals surface area contributed by atoms with Gasteiger partial charge < -0.3 is 19.9 Å². The standard InChI is InChI=1S/C16H26N2O3/c1-16(2)11-18(10-13(8-17)21-16)9-12-5-6-14(19-3)15(7-12)20-4/h5-7,13H,8-11,17H2,1-4H3.